The summed E-state index contributed by atoms with van der Waals surface area (Å²) in [5, 5.41) is 17.9. The van der Waals surface area contributed by atoms with Gasteiger partial charge in [-0.2, -0.15) is 5.10 Å². The molecule has 0 saturated heterocycles. The normalized spacial score (nSPS) is 21.0. The van der Waals surface area contributed by atoms with Gasteiger partial charge in [0.15, 0.2) is 0 Å². The van der Waals surface area contributed by atoms with Gasteiger partial charge in [0.25, 0.3) is 0 Å². The number of aromatic nitrogens is 2. The maximum absolute atomic E-state index is 13.1. The van der Waals surface area contributed by atoms with Crippen LogP contribution in [-0.4, -0.2) is 27.5 Å². The van der Waals surface area contributed by atoms with E-state index in [0.29, 0.717) is 5.92 Å². The molecular formula is C18H24FN3O. The van der Waals surface area contributed by atoms with Crippen LogP contribution in [0.25, 0.3) is 5.69 Å². The Morgan fingerprint density at radius 3 is 2.65 bits per heavy atom. The van der Waals surface area contributed by atoms with Crippen molar-refractivity contribution < 1.29 is 9.50 Å². The molecule has 2 aromatic rings. The van der Waals surface area contributed by atoms with Crippen LogP contribution in [0.1, 0.15) is 36.2 Å². The number of rotatable bonds is 5. The van der Waals surface area contributed by atoms with Crippen molar-refractivity contribution in [2.24, 2.45) is 5.92 Å². The molecule has 0 bridgehead atoms. The number of nitrogens with one attached hydrogen (secondary N) is 1. The summed E-state index contributed by atoms with van der Waals surface area (Å²) in [6.07, 6.45) is 2.98. The molecule has 2 N–H and O–H groups in total. The summed E-state index contributed by atoms with van der Waals surface area (Å²) < 4.78 is 14.9. The lowest BCUT2D eigenvalue weighted by Gasteiger charge is -2.15. The summed E-state index contributed by atoms with van der Waals surface area (Å²) >= 11 is 0. The zero-order chi connectivity index (χ0) is 16.4. The highest BCUT2D eigenvalue weighted by Gasteiger charge is 2.24. The second-order valence-corrected chi connectivity index (χ2v) is 6.43. The van der Waals surface area contributed by atoms with E-state index in [4.69, 9.17) is 0 Å². The first-order valence-electron chi connectivity index (χ1n) is 8.26. The van der Waals surface area contributed by atoms with Crippen molar-refractivity contribution in [3.05, 3.63) is 47.0 Å². The van der Waals surface area contributed by atoms with Crippen LogP contribution in [0, 0.1) is 25.6 Å². The van der Waals surface area contributed by atoms with E-state index in [1.54, 1.807) is 12.1 Å². The molecule has 1 aromatic carbocycles. The van der Waals surface area contributed by atoms with Gasteiger partial charge >= 0.3 is 0 Å². The van der Waals surface area contributed by atoms with E-state index in [1.165, 1.54) is 17.7 Å². The molecule has 23 heavy (non-hydrogen) atoms. The molecular weight excluding hydrogens is 293 g/mol. The number of benzene rings is 1. The number of aliphatic hydroxyl groups is 1. The first kappa shape index (κ1) is 16.1. The Labute approximate surface area is 136 Å². The van der Waals surface area contributed by atoms with Gasteiger partial charge in [0.1, 0.15) is 5.82 Å². The molecule has 1 aliphatic rings. The Morgan fingerprint density at radius 2 is 2.00 bits per heavy atom. The molecule has 1 heterocycles. The van der Waals surface area contributed by atoms with Gasteiger partial charge in [-0.1, -0.05) is 6.42 Å². The number of halogens is 1. The fourth-order valence-corrected chi connectivity index (χ4v) is 3.40. The van der Waals surface area contributed by atoms with Gasteiger partial charge in [-0.15, -0.1) is 0 Å². The van der Waals surface area contributed by atoms with Gasteiger partial charge in [0.05, 0.1) is 17.5 Å². The average molecular weight is 317 g/mol. The summed E-state index contributed by atoms with van der Waals surface area (Å²) in [6, 6.07) is 6.37. The van der Waals surface area contributed by atoms with Crippen molar-refractivity contribution in [3.63, 3.8) is 0 Å². The van der Waals surface area contributed by atoms with Crippen LogP contribution in [0.15, 0.2) is 24.3 Å². The zero-order valence-corrected chi connectivity index (χ0v) is 13.7. The SMILES string of the molecule is Cc1nn(-c2ccc(F)cc2)c(C)c1CNCC1CCCC1O. The molecule has 0 aliphatic heterocycles. The Balaban J connectivity index is 1.69. The van der Waals surface area contributed by atoms with E-state index in [0.717, 1.165) is 49.4 Å². The molecule has 0 spiro atoms. The summed E-state index contributed by atoms with van der Waals surface area (Å²) in [5.41, 5.74) is 4.08. The molecule has 1 aliphatic carbocycles. The Kier molecular flexibility index (Phi) is 4.78. The molecule has 0 radical (unpaired) electrons. The van der Waals surface area contributed by atoms with Crippen molar-refractivity contribution in [2.75, 3.05) is 6.54 Å². The third-order valence-electron chi connectivity index (χ3n) is 4.84. The summed E-state index contributed by atoms with van der Waals surface area (Å²) in [7, 11) is 0. The van der Waals surface area contributed by atoms with Gasteiger partial charge in [-0.05, 0) is 56.9 Å². The number of hydrogen-bond donors (Lipinski definition) is 2. The van der Waals surface area contributed by atoms with Crippen molar-refractivity contribution in [1.29, 1.82) is 0 Å². The van der Waals surface area contributed by atoms with E-state index in [-0.39, 0.29) is 11.9 Å². The lowest BCUT2D eigenvalue weighted by atomic mass is 10.1. The predicted octanol–water partition coefficient (Wildman–Crippen LogP) is 2.88. The smallest absolute Gasteiger partial charge is 0.123 e. The van der Waals surface area contributed by atoms with Crippen molar-refractivity contribution in [2.45, 2.75) is 45.8 Å². The Morgan fingerprint density at radius 1 is 1.26 bits per heavy atom. The minimum absolute atomic E-state index is 0.161. The van der Waals surface area contributed by atoms with Crippen LogP contribution in [0.2, 0.25) is 0 Å². The molecule has 3 rings (SSSR count). The number of aryl methyl sites for hydroxylation is 1. The Bertz CT molecular complexity index is 666. The van der Waals surface area contributed by atoms with E-state index in [9.17, 15) is 9.50 Å². The largest absolute Gasteiger partial charge is 0.393 e. The summed E-state index contributed by atoms with van der Waals surface area (Å²) in [6.45, 7) is 5.60. The zero-order valence-electron chi connectivity index (χ0n) is 13.7. The quantitative estimate of drug-likeness (QED) is 0.891. The second kappa shape index (κ2) is 6.81. The first-order valence-corrected chi connectivity index (χ1v) is 8.26. The second-order valence-electron chi connectivity index (χ2n) is 6.43. The lowest BCUT2D eigenvalue weighted by molar-refractivity contribution is 0.131. The number of hydrogen-bond acceptors (Lipinski definition) is 3. The molecule has 124 valence electrons. The van der Waals surface area contributed by atoms with Gasteiger partial charge in [-0.3, -0.25) is 0 Å². The summed E-state index contributed by atoms with van der Waals surface area (Å²) in [5.74, 6) is 0.120. The monoisotopic (exact) mass is 317 g/mol. The van der Waals surface area contributed by atoms with Crippen LogP contribution in [0.3, 0.4) is 0 Å². The van der Waals surface area contributed by atoms with E-state index >= 15 is 0 Å². The van der Waals surface area contributed by atoms with E-state index in [2.05, 4.69) is 10.4 Å². The molecule has 1 aromatic heterocycles. The van der Waals surface area contributed by atoms with Crippen LogP contribution in [0.4, 0.5) is 4.39 Å². The molecule has 0 amide bonds. The minimum Gasteiger partial charge on any atom is -0.393 e. The molecule has 4 nitrogen and oxygen atoms in total. The van der Waals surface area contributed by atoms with Crippen molar-refractivity contribution in [3.8, 4) is 5.69 Å². The number of nitrogens with zero attached hydrogens (tertiary/aromatic N) is 2. The van der Waals surface area contributed by atoms with Crippen molar-refractivity contribution >= 4 is 0 Å². The maximum atomic E-state index is 13.1. The fourth-order valence-electron chi connectivity index (χ4n) is 3.40. The standard InChI is InChI=1S/C18H24FN3O/c1-12-17(11-20-10-14-4-3-5-18(14)23)13(2)22(21-12)16-8-6-15(19)7-9-16/h6-9,14,18,20,23H,3-5,10-11H2,1-2H3. The third kappa shape index (κ3) is 3.46. The molecule has 2 unspecified atom stereocenters. The predicted molar refractivity (Wildman–Crippen MR) is 88.1 cm³/mol. The molecule has 1 fully saturated rings. The Hall–Kier alpha value is -1.72. The number of aliphatic hydroxyl groups excluding tert-OH is 1. The van der Waals surface area contributed by atoms with Crippen molar-refractivity contribution in [1.82, 2.24) is 15.1 Å². The van der Waals surface area contributed by atoms with Gasteiger partial charge in [0.2, 0.25) is 0 Å². The average Bonchev–Trinajstić information content (AvgIpc) is 3.06. The third-order valence-corrected chi connectivity index (χ3v) is 4.84. The fraction of sp³-hybridized carbons (Fsp3) is 0.500. The van der Waals surface area contributed by atoms with E-state index in [1.807, 2.05) is 18.5 Å². The highest BCUT2D eigenvalue weighted by atomic mass is 19.1. The van der Waals surface area contributed by atoms with Gasteiger partial charge in [-0.25, -0.2) is 9.07 Å². The van der Waals surface area contributed by atoms with Gasteiger partial charge in [0, 0.05) is 24.3 Å². The lowest BCUT2D eigenvalue weighted by Crippen LogP contribution is -2.27. The molecule has 1 saturated carbocycles. The van der Waals surface area contributed by atoms with E-state index < -0.39 is 0 Å². The summed E-state index contributed by atoms with van der Waals surface area (Å²) in [4.78, 5) is 0. The van der Waals surface area contributed by atoms with Crippen LogP contribution in [-0.2, 0) is 6.54 Å². The first-order chi connectivity index (χ1) is 11.1. The minimum atomic E-state index is -0.243. The highest BCUT2D eigenvalue weighted by Crippen LogP contribution is 2.25. The van der Waals surface area contributed by atoms with Gasteiger partial charge < -0.3 is 10.4 Å². The molecule has 5 heteroatoms. The van der Waals surface area contributed by atoms with Crippen LogP contribution >= 0.6 is 0 Å². The topological polar surface area (TPSA) is 50.1 Å². The maximum Gasteiger partial charge on any atom is 0.123 e. The van der Waals surface area contributed by atoms with Crippen LogP contribution < -0.4 is 5.32 Å². The molecule has 2 atom stereocenters. The highest BCUT2D eigenvalue weighted by molar-refractivity contribution is 5.37. The van der Waals surface area contributed by atoms with Crippen LogP contribution in [0.5, 0.6) is 0 Å².